The summed E-state index contributed by atoms with van der Waals surface area (Å²) in [5.74, 6) is -0.285. The van der Waals surface area contributed by atoms with Gasteiger partial charge < -0.3 is 4.98 Å². The minimum atomic E-state index is -0.285. The summed E-state index contributed by atoms with van der Waals surface area (Å²) < 4.78 is 16.2. The Hall–Kier alpha value is -1.94. The largest absolute Gasteiger partial charge is 0.328 e. The quantitative estimate of drug-likeness (QED) is 0.649. The number of nitrogens with zero attached hydrogens (tertiary/aromatic N) is 1. The van der Waals surface area contributed by atoms with Crippen LogP contribution < -0.4 is 0 Å². The van der Waals surface area contributed by atoms with Crippen molar-refractivity contribution >= 4 is 23.3 Å². The first-order valence-electron chi connectivity index (χ1n) is 6.05. The molecule has 1 N–H and O–H groups in total. The average molecular weight is 272 g/mol. The van der Waals surface area contributed by atoms with Crippen LogP contribution in [0.15, 0.2) is 36.4 Å². The van der Waals surface area contributed by atoms with Gasteiger partial charge in [0, 0.05) is 0 Å². The number of rotatable bonds is 1. The second kappa shape index (κ2) is 4.31. The molecule has 0 saturated carbocycles. The van der Waals surface area contributed by atoms with Gasteiger partial charge in [-0.05, 0) is 49.8 Å². The lowest BCUT2D eigenvalue weighted by Crippen LogP contribution is -1.97. The molecule has 0 aliphatic carbocycles. The number of imidazole rings is 1. The summed E-state index contributed by atoms with van der Waals surface area (Å²) in [5.41, 5.74) is 4.50. The number of fused-ring (bicyclic) bond motifs is 1. The van der Waals surface area contributed by atoms with Crippen molar-refractivity contribution in [2.45, 2.75) is 13.8 Å². The van der Waals surface area contributed by atoms with Crippen molar-refractivity contribution in [1.82, 2.24) is 9.55 Å². The Bertz CT molecular complexity index is 830. The number of aromatic nitrogens is 2. The minimum absolute atomic E-state index is 0.285. The molecule has 3 rings (SSSR count). The lowest BCUT2D eigenvalue weighted by molar-refractivity contribution is 0.637. The maximum Gasteiger partial charge on any atom is 0.182 e. The van der Waals surface area contributed by atoms with E-state index in [1.54, 1.807) is 6.07 Å². The zero-order chi connectivity index (χ0) is 13.6. The number of aryl methyl sites for hydroxylation is 2. The lowest BCUT2D eigenvalue weighted by atomic mass is 10.1. The minimum Gasteiger partial charge on any atom is -0.328 e. The molecular weight excluding hydrogens is 259 g/mol. The zero-order valence-corrected chi connectivity index (χ0v) is 11.5. The standard InChI is InChI=1S/C15H13FN2S/c1-9-6-7-12(10(2)8-9)18-13-5-3-4-11(16)14(13)17-15(18)19/h3-8H,1-2H3,(H,17,19). The Kier molecular flexibility index (Phi) is 2.75. The number of benzene rings is 2. The molecule has 0 atom stereocenters. The zero-order valence-electron chi connectivity index (χ0n) is 10.7. The fraction of sp³-hybridized carbons (Fsp3) is 0.133. The van der Waals surface area contributed by atoms with E-state index in [0.717, 1.165) is 16.8 Å². The van der Waals surface area contributed by atoms with Crippen molar-refractivity contribution in [1.29, 1.82) is 0 Å². The number of H-pyrrole nitrogens is 1. The van der Waals surface area contributed by atoms with Crippen LogP contribution in [0.1, 0.15) is 11.1 Å². The lowest BCUT2D eigenvalue weighted by Gasteiger charge is -2.09. The van der Waals surface area contributed by atoms with Gasteiger partial charge in [-0.3, -0.25) is 4.57 Å². The number of para-hydroxylation sites is 1. The molecule has 2 nitrogen and oxygen atoms in total. The Labute approximate surface area is 115 Å². The summed E-state index contributed by atoms with van der Waals surface area (Å²) in [6.45, 7) is 4.08. The predicted molar refractivity (Wildman–Crippen MR) is 77.9 cm³/mol. The van der Waals surface area contributed by atoms with E-state index in [0.29, 0.717) is 10.3 Å². The van der Waals surface area contributed by atoms with Crippen molar-refractivity contribution < 1.29 is 4.39 Å². The maximum atomic E-state index is 13.8. The van der Waals surface area contributed by atoms with Crippen LogP contribution in [0.5, 0.6) is 0 Å². The summed E-state index contributed by atoms with van der Waals surface area (Å²) in [6, 6.07) is 11.1. The highest BCUT2D eigenvalue weighted by molar-refractivity contribution is 7.71. The molecule has 0 unspecified atom stereocenters. The van der Waals surface area contributed by atoms with Crippen molar-refractivity contribution in [3.05, 3.63) is 58.1 Å². The molecule has 0 radical (unpaired) electrons. The van der Waals surface area contributed by atoms with Crippen LogP contribution in [-0.2, 0) is 0 Å². The molecule has 3 aromatic rings. The van der Waals surface area contributed by atoms with E-state index in [2.05, 4.69) is 11.1 Å². The van der Waals surface area contributed by atoms with Gasteiger partial charge in [-0.15, -0.1) is 0 Å². The van der Waals surface area contributed by atoms with E-state index >= 15 is 0 Å². The van der Waals surface area contributed by atoms with Crippen LogP contribution in [-0.4, -0.2) is 9.55 Å². The van der Waals surface area contributed by atoms with Crippen LogP contribution in [0, 0.1) is 24.4 Å². The van der Waals surface area contributed by atoms with Crippen molar-refractivity contribution in [3.63, 3.8) is 0 Å². The fourth-order valence-electron chi connectivity index (χ4n) is 2.39. The molecule has 0 amide bonds. The number of halogens is 1. The van der Waals surface area contributed by atoms with Gasteiger partial charge in [-0.1, -0.05) is 23.8 Å². The van der Waals surface area contributed by atoms with E-state index in [1.807, 2.05) is 36.6 Å². The van der Waals surface area contributed by atoms with E-state index < -0.39 is 0 Å². The average Bonchev–Trinajstić information content (AvgIpc) is 2.68. The highest BCUT2D eigenvalue weighted by atomic mass is 32.1. The van der Waals surface area contributed by atoms with Crippen LogP contribution in [0.25, 0.3) is 16.7 Å². The smallest absolute Gasteiger partial charge is 0.182 e. The van der Waals surface area contributed by atoms with Gasteiger partial charge in [-0.25, -0.2) is 4.39 Å². The molecule has 1 heterocycles. The van der Waals surface area contributed by atoms with Crippen molar-refractivity contribution in [2.75, 3.05) is 0 Å². The highest BCUT2D eigenvalue weighted by Gasteiger charge is 2.11. The van der Waals surface area contributed by atoms with Crippen LogP contribution in [0.4, 0.5) is 4.39 Å². The molecule has 0 spiro atoms. The Morgan fingerprint density at radius 3 is 2.68 bits per heavy atom. The monoisotopic (exact) mass is 272 g/mol. The van der Waals surface area contributed by atoms with Gasteiger partial charge in [0.05, 0.1) is 11.2 Å². The van der Waals surface area contributed by atoms with Gasteiger partial charge in [0.2, 0.25) is 0 Å². The summed E-state index contributed by atoms with van der Waals surface area (Å²) in [6.07, 6.45) is 0. The molecule has 0 aliphatic heterocycles. The molecular formula is C15H13FN2S. The van der Waals surface area contributed by atoms with Gasteiger partial charge >= 0.3 is 0 Å². The molecule has 1 aromatic heterocycles. The van der Waals surface area contributed by atoms with Gasteiger partial charge in [0.15, 0.2) is 4.77 Å². The number of nitrogens with one attached hydrogen (secondary N) is 1. The first-order chi connectivity index (χ1) is 9.08. The molecule has 0 fully saturated rings. The van der Waals surface area contributed by atoms with Crippen LogP contribution >= 0.6 is 12.2 Å². The molecule has 19 heavy (non-hydrogen) atoms. The summed E-state index contributed by atoms with van der Waals surface area (Å²) in [4.78, 5) is 2.94. The van der Waals surface area contributed by atoms with E-state index in [-0.39, 0.29) is 5.82 Å². The topological polar surface area (TPSA) is 20.7 Å². The normalized spacial score (nSPS) is 11.1. The Balaban J connectivity index is 2.40. The SMILES string of the molecule is Cc1ccc(-n2c(=S)[nH]c3c(F)cccc32)c(C)c1. The van der Waals surface area contributed by atoms with Gasteiger partial charge in [0.25, 0.3) is 0 Å². The summed E-state index contributed by atoms with van der Waals surface area (Å²) in [7, 11) is 0. The first kappa shape index (κ1) is 12.1. The second-order valence-electron chi connectivity index (χ2n) is 4.69. The van der Waals surface area contributed by atoms with Crippen molar-refractivity contribution in [3.8, 4) is 5.69 Å². The number of hydrogen-bond acceptors (Lipinski definition) is 1. The van der Waals surface area contributed by atoms with Crippen molar-refractivity contribution in [2.24, 2.45) is 0 Å². The Morgan fingerprint density at radius 2 is 1.95 bits per heavy atom. The van der Waals surface area contributed by atoms with Crippen LogP contribution in [0.2, 0.25) is 0 Å². The fourth-order valence-corrected chi connectivity index (χ4v) is 2.69. The summed E-state index contributed by atoms with van der Waals surface area (Å²) >= 11 is 5.33. The van der Waals surface area contributed by atoms with E-state index in [9.17, 15) is 4.39 Å². The second-order valence-corrected chi connectivity index (χ2v) is 5.08. The molecule has 4 heteroatoms. The van der Waals surface area contributed by atoms with E-state index in [4.69, 9.17) is 12.2 Å². The first-order valence-corrected chi connectivity index (χ1v) is 6.45. The maximum absolute atomic E-state index is 13.8. The molecule has 0 aliphatic rings. The van der Waals surface area contributed by atoms with Gasteiger partial charge in [0.1, 0.15) is 11.3 Å². The molecule has 96 valence electrons. The summed E-state index contributed by atoms with van der Waals surface area (Å²) in [5, 5.41) is 0. The highest BCUT2D eigenvalue weighted by Crippen LogP contribution is 2.24. The third-order valence-electron chi connectivity index (χ3n) is 3.26. The van der Waals surface area contributed by atoms with E-state index in [1.165, 1.54) is 11.6 Å². The molecule has 0 bridgehead atoms. The predicted octanol–water partition coefficient (Wildman–Crippen LogP) is 4.44. The molecule has 2 aromatic carbocycles. The number of hydrogen-bond donors (Lipinski definition) is 1. The number of aromatic amines is 1. The third kappa shape index (κ3) is 1.88. The third-order valence-corrected chi connectivity index (χ3v) is 3.55. The van der Waals surface area contributed by atoms with Gasteiger partial charge in [-0.2, -0.15) is 0 Å². The van der Waals surface area contributed by atoms with Crippen LogP contribution in [0.3, 0.4) is 0 Å². The molecule has 0 saturated heterocycles. The Morgan fingerprint density at radius 1 is 1.16 bits per heavy atom.